The van der Waals surface area contributed by atoms with Crippen LogP contribution in [0.1, 0.15) is 38.5 Å². The standard InChI is InChI=1S/C35H34FN9O2/c36-24-11-22(13-26(14-24)47-10-9-45-7-3-4-8-45)28-18-38-19-31-32(28)42-34(41-31)33-27-15-29(39-20-30(27)43-44-33)23-12-25(17-37-16-23)40-35(46)21-5-1-2-6-21/h11-21H,1-10H2,(H,40,46)(H,41,42)(H,43,44). The van der Waals surface area contributed by atoms with Crippen molar-refractivity contribution in [3.63, 3.8) is 0 Å². The van der Waals surface area contributed by atoms with Gasteiger partial charge in [-0.2, -0.15) is 5.10 Å². The number of carbonyl (C=O) groups excluding carboxylic acids is 1. The summed E-state index contributed by atoms with van der Waals surface area (Å²) < 4.78 is 20.8. The van der Waals surface area contributed by atoms with E-state index in [1.807, 2.05) is 18.2 Å². The number of carbonyl (C=O) groups is 1. The maximum Gasteiger partial charge on any atom is 0.227 e. The van der Waals surface area contributed by atoms with Crippen molar-refractivity contribution in [2.45, 2.75) is 38.5 Å². The predicted octanol–water partition coefficient (Wildman–Crippen LogP) is 6.37. The van der Waals surface area contributed by atoms with Crippen molar-refractivity contribution in [1.29, 1.82) is 0 Å². The van der Waals surface area contributed by atoms with Gasteiger partial charge in [-0.1, -0.05) is 12.8 Å². The third kappa shape index (κ3) is 6.03. The first-order valence-corrected chi connectivity index (χ1v) is 16.2. The van der Waals surface area contributed by atoms with E-state index < -0.39 is 0 Å². The lowest BCUT2D eigenvalue weighted by Crippen LogP contribution is -2.25. The van der Waals surface area contributed by atoms with E-state index in [0.717, 1.165) is 61.8 Å². The van der Waals surface area contributed by atoms with Crippen molar-refractivity contribution < 1.29 is 13.9 Å². The van der Waals surface area contributed by atoms with Crippen LogP contribution in [-0.2, 0) is 4.79 Å². The lowest BCUT2D eigenvalue weighted by molar-refractivity contribution is -0.119. The summed E-state index contributed by atoms with van der Waals surface area (Å²) in [6, 6.07) is 8.53. The number of hydrogen-bond donors (Lipinski definition) is 3. The van der Waals surface area contributed by atoms with Gasteiger partial charge in [0.1, 0.15) is 23.9 Å². The van der Waals surface area contributed by atoms with Gasteiger partial charge in [-0.25, -0.2) is 9.37 Å². The molecule has 6 aromatic rings. The SMILES string of the molecule is O=C(Nc1cncc(-c2cc3c(-c4nc5c(-c6cc(F)cc(OCCN7CCCC7)c6)cncc5[nH]4)n[nH]c3cn2)c1)C1CCCC1. The Balaban J connectivity index is 1.08. The highest BCUT2D eigenvalue weighted by molar-refractivity contribution is 5.98. The molecular formula is C35H34FN9O2. The minimum absolute atomic E-state index is 0.0419. The Morgan fingerprint density at radius 3 is 2.66 bits per heavy atom. The first kappa shape index (κ1) is 29.2. The van der Waals surface area contributed by atoms with Crippen molar-refractivity contribution in [2.75, 3.05) is 31.6 Å². The average molecular weight is 632 g/mol. The number of nitrogens with one attached hydrogen (secondary N) is 3. The summed E-state index contributed by atoms with van der Waals surface area (Å²) in [6.07, 6.45) is 14.9. The highest BCUT2D eigenvalue weighted by atomic mass is 19.1. The quantitative estimate of drug-likeness (QED) is 0.167. The van der Waals surface area contributed by atoms with E-state index in [9.17, 15) is 9.18 Å². The van der Waals surface area contributed by atoms with Crippen LogP contribution in [0.15, 0.2) is 61.3 Å². The maximum absolute atomic E-state index is 14.8. The molecule has 2 aliphatic rings. The van der Waals surface area contributed by atoms with Crippen molar-refractivity contribution in [1.82, 2.24) is 40.0 Å². The molecule has 5 aromatic heterocycles. The number of aromatic amines is 2. The predicted molar refractivity (Wildman–Crippen MR) is 177 cm³/mol. The largest absolute Gasteiger partial charge is 0.492 e. The number of anilines is 1. The van der Waals surface area contributed by atoms with E-state index >= 15 is 0 Å². The van der Waals surface area contributed by atoms with Crippen LogP contribution in [0.4, 0.5) is 10.1 Å². The molecule has 2 fully saturated rings. The summed E-state index contributed by atoms with van der Waals surface area (Å²) in [4.78, 5) is 36.7. The summed E-state index contributed by atoms with van der Waals surface area (Å²) in [5, 5.41) is 11.4. The van der Waals surface area contributed by atoms with Crippen molar-refractivity contribution in [3.8, 4) is 39.7 Å². The Bertz CT molecular complexity index is 2080. The third-order valence-electron chi connectivity index (χ3n) is 9.15. The molecule has 0 spiro atoms. The number of ether oxygens (including phenoxy) is 1. The Labute approximate surface area is 270 Å². The average Bonchev–Trinajstić information content (AvgIpc) is 3.91. The number of likely N-dealkylation sites (tertiary alicyclic amines) is 1. The van der Waals surface area contributed by atoms with Crippen LogP contribution in [-0.4, -0.2) is 72.2 Å². The van der Waals surface area contributed by atoms with Gasteiger partial charge >= 0.3 is 0 Å². The Hall–Kier alpha value is -5.23. The number of fused-ring (bicyclic) bond motifs is 2. The molecule has 1 amide bonds. The van der Waals surface area contributed by atoms with Crippen molar-refractivity contribution in [2.24, 2.45) is 5.92 Å². The molecule has 47 heavy (non-hydrogen) atoms. The molecule has 1 aliphatic carbocycles. The number of amides is 1. The molecule has 8 rings (SSSR count). The first-order valence-electron chi connectivity index (χ1n) is 16.2. The van der Waals surface area contributed by atoms with Gasteiger partial charge < -0.3 is 15.0 Å². The van der Waals surface area contributed by atoms with Crippen molar-refractivity contribution >= 4 is 33.5 Å². The van der Waals surface area contributed by atoms with Gasteiger partial charge in [-0.3, -0.25) is 29.7 Å². The number of hydrogen-bond acceptors (Lipinski definition) is 8. The van der Waals surface area contributed by atoms with E-state index in [2.05, 4.69) is 40.3 Å². The second kappa shape index (κ2) is 12.5. The van der Waals surface area contributed by atoms with Gasteiger partial charge in [0.15, 0.2) is 5.82 Å². The molecule has 0 atom stereocenters. The molecule has 12 heteroatoms. The molecule has 3 N–H and O–H groups in total. The Kier molecular flexibility index (Phi) is 7.78. The molecule has 1 aromatic carbocycles. The number of benzene rings is 1. The molecule has 6 heterocycles. The molecule has 11 nitrogen and oxygen atoms in total. The minimum Gasteiger partial charge on any atom is -0.492 e. The van der Waals surface area contributed by atoms with E-state index in [4.69, 9.17) is 9.72 Å². The Morgan fingerprint density at radius 1 is 0.936 bits per heavy atom. The van der Waals surface area contributed by atoms with Gasteiger partial charge in [-0.05, 0) is 68.6 Å². The van der Waals surface area contributed by atoms with Gasteiger partial charge in [0, 0.05) is 47.4 Å². The smallest absolute Gasteiger partial charge is 0.227 e. The normalized spacial score (nSPS) is 15.6. The maximum atomic E-state index is 14.8. The van der Waals surface area contributed by atoms with E-state index in [1.165, 1.54) is 25.0 Å². The second-order valence-electron chi connectivity index (χ2n) is 12.4. The summed E-state index contributed by atoms with van der Waals surface area (Å²) >= 11 is 0. The molecular weight excluding hydrogens is 597 g/mol. The number of imidazole rings is 1. The van der Waals surface area contributed by atoms with Crippen LogP contribution in [0.5, 0.6) is 5.75 Å². The highest BCUT2D eigenvalue weighted by Gasteiger charge is 2.23. The zero-order valence-electron chi connectivity index (χ0n) is 25.8. The Morgan fingerprint density at radius 2 is 1.79 bits per heavy atom. The molecule has 1 saturated heterocycles. The summed E-state index contributed by atoms with van der Waals surface area (Å²) in [6.45, 7) is 3.48. The summed E-state index contributed by atoms with van der Waals surface area (Å²) in [5.41, 5.74) is 6.08. The fourth-order valence-corrected chi connectivity index (χ4v) is 6.69. The number of rotatable bonds is 9. The third-order valence-corrected chi connectivity index (χ3v) is 9.15. The number of nitrogens with zero attached hydrogens (tertiary/aromatic N) is 6. The molecule has 0 unspecified atom stereocenters. The molecule has 0 radical (unpaired) electrons. The van der Waals surface area contributed by atoms with Crippen molar-refractivity contribution in [3.05, 3.63) is 67.1 Å². The van der Waals surface area contributed by atoms with Crippen LogP contribution >= 0.6 is 0 Å². The zero-order valence-corrected chi connectivity index (χ0v) is 25.8. The number of aromatic nitrogens is 7. The molecule has 1 saturated carbocycles. The van der Waals surface area contributed by atoms with E-state index in [1.54, 1.807) is 31.0 Å². The fourth-order valence-electron chi connectivity index (χ4n) is 6.69. The second-order valence-corrected chi connectivity index (χ2v) is 12.4. The number of H-pyrrole nitrogens is 2. The topological polar surface area (TPSA) is 138 Å². The van der Waals surface area contributed by atoms with Crippen LogP contribution in [0.25, 0.3) is 55.8 Å². The number of pyridine rings is 3. The summed E-state index contributed by atoms with van der Waals surface area (Å²) in [7, 11) is 0. The van der Waals surface area contributed by atoms with Gasteiger partial charge in [0.25, 0.3) is 0 Å². The van der Waals surface area contributed by atoms with E-state index in [0.29, 0.717) is 57.4 Å². The minimum atomic E-state index is -0.388. The van der Waals surface area contributed by atoms with Crippen LogP contribution in [0.2, 0.25) is 0 Å². The monoisotopic (exact) mass is 631 g/mol. The highest BCUT2D eigenvalue weighted by Crippen LogP contribution is 2.34. The van der Waals surface area contributed by atoms with E-state index in [-0.39, 0.29) is 17.6 Å². The van der Waals surface area contributed by atoms with Gasteiger partial charge in [-0.15, -0.1) is 0 Å². The molecule has 0 bridgehead atoms. The van der Waals surface area contributed by atoms with Crippen LogP contribution in [0.3, 0.4) is 0 Å². The fraction of sp³-hybridized carbons (Fsp3) is 0.314. The zero-order chi connectivity index (χ0) is 31.7. The molecule has 238 valence electrons. The summed E-state index contributed by atoms with van der Waals surface area (Å²) in [5.74, 6) is 0.720. The number of halogens is 1. The van der Waals surface area contributed by atoms with Gasteiger partial charge in [0.2, 0.25) is 5.91 Å². The van der Waals surface area contributed by atoms with Gasteiger partial charge in [0.05, 0.1) is 46.5 Å². The van der Waals surface area contributed by atoms with Crippen LogP contribution in [0, 0.1) is 11.7 Å². The lowest BCUT2D eigenvalue weighted by Gasteiger charge is -2.15. The first-order chi connectivity index (χ1) is 23.1. The van der Waals surface area contributed by atoms with Crippen LogP contribution < -0.4 is 10.1 Å². The lowest BCUT2D eigenvalue weighted by atomic mass is 10.1. The molecule has 1 aliphatic heterocycles.